The first-order valence-corrected chi connectivity index (χ1v) is 12.8. The highest BCUT2D eigenvalue weighted by Gasteiger charge is 2.19. The van der Waals surface area contributed by atoms with E-state index in [0.717, 1.165) is 15.9 Å². The fraction of sp³-hybridized carbons (Fsp3) is 0. The Morgan fingerprint density at radius 3 is 2.00 bits per heavy atom. The van der Waals surface area contributed by atoms with Crippen molar-refractivity contribution in [2.24, 2.45) is 0 Å². The van der Waals surface area contributed by atoms with Crippen LogP contribution in [0.4, 0.5) is 0 Å². The average Bonchev–Trinajstić information content (AvgIpc) is 2.86. The molecule has 0 aliphatic carbocycles. The molecule has 8 rings (SSSR count). The smallest absolute Gasteiger partial charge is 0.0895 e. The van der Waals surface area contributed by atoms with Gasteiger partial charge in [0.05, 0.1) is 15.2 Å². The van der Waals surface area contributed by atoms with Gasteiger partial charge in [0.25, 0.3) is 0 Å². The summed E-state index contributed by atoms with van der Waals surface area (Å²) in [6, 6.07) is 28.4. The lowest BCUT2D eigenvalue weighted by atomic mass is 9.91. The quantitative estimate of drug-likeness (QED) is 0.157. The summed E-state index contributed by atoms with van der Waals surface area (Å²) in [7, 11) is 0. The van der Waals surface area contributed by atoms with E-state index < -0.39 is 0 Å². The lowest BCUT2D eigenvalue weighted by Crippen LogP contribution is -1.89. The number of aromatic nitrogens is 1. The highest BCUT2D eigenvalue weighted by Crippen LogP contribution is 2.49. The predicted octanol–water partition coefficient (Wildman–Crippen LogP) is 9.93. The van der Waals surface area contributed by atoms with E-state index in [9.17, 15) is 0 Å². The highest BCUT2D eigenvalue weighted by atomic mass is 35.5. The first-order chi connectivity index (χ1) is 16.3. The molecular weight excluding hydrogens is 462 g/mol. The SMILES string of the molecule is Clc1cc2c(sc3cccc4c3c2c2cccc3sc5ccccc5c4c32)c2ncccc12. The Labute approximate surface area is 201 Å². The predicted molar refractivity (Wildman–Crippen MR) is 148 cm³/mol. The Hall–Kier alpha value is -3.24. The van der Waals surface area contributed by atoms with Gasteiger partial charge in [-0.1, -0.05) is 54.1 Å². The van der Waals surface area contributed by atoms with Gasteiger partial charge in [-0.3, -0.25) is 4.98 Å². The Bertz CT molecular complexity index is 2100. The summed E-state index contributed by atoms with van der Waals surface area (Å²) < 4.78 is 5.11. The summed E-state index contributed by atoms with van der Waals surface area (Å²) >= 11 is 10.5. The first kappa shape index (κ1) is 18.2. The topological polar surface area (TPSA) is 12.9 Å². The van der Waals surface area contributed by atoms with Crippen molar-refractivity contribution in [1.82, 2.24) is 4.98 Å². The fourth-order valence-corrected chi connectivity index (χ4v) is 8.05. The Morgan fingerprint density at radius 2 is 1.18 bits per heavy atom. The minimum absolute atomic E-state index is 0.755. The molecule has 0 unspecified atom stereocenters. The second-order valence-electron chi connectivity index (χ2n) is 8.44. The minimum atomic E-state index is 0.755. The van der Waals surface area contributed by atoms with Gasteiger partial charge >= 0.3 is 0 Å². The van der Waals surface area contributed by atoms with Crippen LogP contribution in [0.2, 0.25) is 5.02 Å². The van der Waals surface area contributed by atoms with Crippen LogP contribution in [0.3, 0.4) is 0 Å². The van der Waals surface area contributed by atoms with Gasteiger partial charge in [0.15, 0.2) is 0 Å². The molecule has 3 heterocycles. The van der Waals surface area contributed by atoms with Gasteiger partial charge in [-0.05, 0) is 47.2 Å². The second kappa shape index (κ2) is 6.42. The molecule has 0 spiro atoms. The molecule has 0 N–H and O–H groups in total. The van der Waals surface area contributed by atoms with Gasteiger partial charge < -0.3 is 0 Å². The number of rotatable bonds is 0. The molecule has 0 radical (unpaired) electrons. The number of halogens is 1. The van der Waals surface area contributed by atoms with E-state index in [-0.39, 0.29) is 0 Å². The third-order valence-corrected chi connectivity index (χ3v) is 9.37. The summed E-state index contributed by atoms with van der Waals surface area (Å²) in [5.74, 6) is 0. The molecule has 154 valence electrons. The lowest BCUT2D eigenvalue weighted by Gasteiger charge is -2.18. The van der Waals surface area contributed by atoms with E-state index >= 15 is 0 Å². The minimum Gasteiger partial charge on any atom is -0.255 e. The van der Waals surface area contributed by atoms with Crippen LogP contribution in [0.5, 0.6) is 0 Å². The average molecular weight is 476 g/mol. The number of fused-ring (bicyclic) bond motifs is 8. The molecule has 3 aromatic heterocycles. The molecule has 0 aliphatic rings. The van der Waals surface area contributed by atoms with E-state index in [2.05, 4.69) is 72.8 Å². The molecule has 0 saturated heterocycles. The highest BCUT2D eigenvalue weighted by molar-refractivity contribution is 7.26. The maximum atomic E-state index is 6.82. The van der Waals surface area contributed by atoms with Gasteiger partial charge in [0.1, 0.15) is 0 Å². The van der Waals surface area contributed by atoms with Crippen LogP contribution in [0.25, 0.3) is 72.8 Å². The summed E-state index contributed by atoms with van der Waals surface area (Å²) in [4.78, 5) is 4.76. The van der Waals surface area contributed by atoms with Crippen molar-refractivity contribution in [3.63, 3.8) is 0 Å². The van der Waals surface area contributed by atoms with Gasteiger partial charge in [0, 0.05) is 58.0 Å². The van der Waals surface area contributed by atoms with E-state index in [4.69, 9.17) is 16.6 Å². The van der Waals surface area contributed by atoms with Crippen molar-refractivity contribution in [3.8, 4) is 0 Å². The van der Waals surface area contributed by atoms with Crippen LogP contribution in [0.1, 0.15) is 0 Å². The number of pyridine rings is 1. The molecule has 1 nitrogen and oxygen atoms in total. The zero-order chi connectivity index (χ0) is 21.7. The van der Waals surface area contributed by atoms with E-state index in [0.29, 0.717) is 0 Å². The van der Waals surface area contributed by atoms with Crippen LogP contribution >= 0.6 is 34.3 Å². The van der Waals surface area contributed by atoms with Crippen LogP contribution in [0, 0.1) is 0 Å². The molecular formula is C29H14ClNS2. The summed E-state index contributed by atoms with van der Waals surface area (Å²) in [6.45, 7) is 0. The van der Waals surface area contributed by atoms with Crippen molar-refractivity contribution >= 4 is 107 Å². The van der Waals surface area contributed by atoms with Crippen molar-refractivity contribution in [2.75, 3.05) is 0 Å². The molecule has 0 bridgehead atoms. The number of nitrogens with zero attached hydrogens (tertiary/aromatic N) is 1. The van der Waals surface area contributed by atoms with Crippen molar-refractivity contribution in [1.29, 1.82) is 0 Å². The van der Waals surface area contributed by atoms with Gasteiger partial charge in [0.2, 0.25) is 0 Å². The first-order valence-electron chi connectivity index (χ1n) is 10.8. The number of hydrogen-bond donors (Lipinski definition) is 0. The third kappa shape index (κ3) is 2.29. The Morgan fingerprint density at radius 1 is 0.545 bits per heavy atom. The summed E-state index contributed by atoms with van der Waals surface area (Å²) in [5.41, 5.74) is 0.979. The summed E-state index contributed by atoms with van der Waals surface area (Å²) in [6.07, 6.45) is 1.86. The van der Waals surface area contributed by atoms with E-state index in [1.54, 1.807) is 0 Å². The van der Waals surface area contributed by atoms with Gasteiger partial charge in [-0.15, -0.1) is 22.7 Å². The molecule has 4 heteroatoms. The van der Waals surface area contributed by atoms with Gasteiger partial charge in [-0.2, -0.15) is 0 Å². The molecule has 5 aromatic carbocycles. The zero-order valence-electron chi connectivity index (χ0n) is 17.2. The van der Waals surface area contributed by atoms with E-state index in [1.807, 2.05) is 34.9 Å². The van der Waals surface area contributed by atoms with Crippen molar-refractivity contribution in [3.05, 3.63) is 90.1 Å². The standard InChI is InChI=1S/C29H14ClNS2/c30-20-14-19-25-18-8-3-11-22-26(18)24(16-6-1-2-10-21(16)32-22)17-7-4-12-23(27(17)25)33-29(19)28-15(20)9-5-13-31-28/h1-14H. The molecule has 0 aliphatic heterocycles. The molecule has 0 saturated carbocycles. The van der Waals surface area contributed by atoms with Crippen LogP contribution in [-0.2, 0) is 0 Å². The summed E-state index contributed by atoms with van der Waals surface area (Å²) in [5, 5.41) is 12.2. The monoisotopic (exact) mass is 475 g/mol. The Balaban J connectivity index is 1.80. The maximum Gasteiger partial charge on any atom is 0.0895 e. The largest absolute Gasteiger partial charge is 0.255 e. The van der Waals surface area contributed by atoms with Crippen LogP contribution in [-0.4, -0.2) is 4.98 Å². The number of benzene rings is 5. The molecule has 0 fully saturated rings. The third-order valence-electron chi connectivity index (χ3n) is 6.74. The molecule has 0 atom stereocenters. The van der Waals surface area contributed by atoms with Crippen molar-refractivity contribution < 1.29 is 0 Å². The Kier molecular flexibility index (Phi) is 3.54. The molecule has 0 amide bonds. The van der Waals surface area contributed by atoms with Crippen molar-refractivity contribution in [2.45, 2.75) is 0 Å². The normalized spacial score (nSPS) is 12.4. The fourth-order valence-electron chi connectivity index (χ4n) is 5.45. The van der Waals surface area contributed by atoms with Crippen LogP contribution in [0.15, 0.2) is 85.1 Å². The number of hydrogen-bond acceptors (Lipinski definition) is 3. The lowest BCUT2D eigenvalue weighted by molar-refractivity contribution is 1.43. The zero-order valence-corrected chi connectivity index (χ0v) is 19.6. The second-order valence-corrected chi connectivity index (χ2v) is 11.0. The van der Waals surface area contributed by atoms with Crippen LogP contribution < -0.4 is 0 Å². The van der Waals surface area contributed by atoms with E-state index in [1.165, 1.54) is 61.9 Å². The molecule has 33 heavy (non-hydrogen) atoms. The molecule has 8 aromatic rings. The van der Waals surface area contributed by atoms with Gasteiger partial charge in [-0.25, -0.2) is 0 Å². The maximum absolute atomic E-state index is 6.82.